The van der Waals surface area contributed by atoms with Gasteiger partial charge in [-0.2, -0.15) is 0 Å². The fourth-order valence-electron chi connectivity index (χ4n) is 5.20. The quantitative estimate of drug-likeness (QED) is 0.0963. The maximum absolute atomic E-state index is 13.8. The number of carbonyl (C=O) groups is 4. The fraction of sp³-hybridized carbons (Fsp3) is 0.314. The SMILES string of the molecule is CCC(C)C(N)C(=O)NC(Cc1ccc(O)cc1)C(=O)NC(Cc1ccc(O)cc1)C(=O)NC(Cc1c[nH]c2ccccc12)C(=O)O. The van der Waals surface area contributed by atoms with E-state index in [4.69, 9.17) is 5.73 Å². The van der Waals surface area contributed by atoms with Crippen LogP contribution in [0.25, 0.3) is 10.9 Å². The molecule has 1 aromatic heterocycles. The number of aliphatic carboxylic acids is 1. The number of benzene rings is 3. The molecule has 248 valence electrons. The molecule has 0 aliphatic rings. The molecule has 3 amide bonds. The van der Waals surface area contributed by atoms with Crippen LogP contribution in [0.3, 0.4) is 0 Å². The summed E-state index contributed by atoms with van der Waals surface area (Å²) in [6.07, 6.45) is 2.31. The molecule has 0 saturated carbocycles. The normalized spacial score (nSPS) is 14.4. The lowest BCUT2D eigenvalue weighted by Crippen LogP contribution is -2.58. The summed E-state index contributed by atoms with van der Waals surface area (Å²) in [6.45, 7) is 3.72. The highest BCUT2D eigenvalue weighted by Gasteiger charge is 2.32. The van der Waals surface area contributed by atoms with Gasteiger partial charge in [0.1, 0.15) is 29.6 Å². The number of aromatic nitrogens is 1. The van der Waals surface area contributed by atoms with Crippen molar-refractivity contribution in [2.24, 2.45) is 11.7 Å². The number of rotatable bonds is 15. The summed E-state index contributed by atoms with van der Waals surface area (Å²) in [7, 11) is 0. The first-order valence-electron chi connectivity index (χ1n) is 15.5. The Kier molecular flexibility index (Phi) is 11.6. The van der Waals surface area contributed by atoms with Gasteiger partial charge in [0.05, 0.1) is 6.04 Å². The summed E-state index contributed by atoms with van der Waals surface area (Å²) < 4.78 is 0. The van der Waals surface area contributed by atoms with Gasteiger partial charge in [0.2, 0.25) is 17.7 Å². The van der Waals surface area contributed by atoms with Gasteiger partial charge in [0.15, 0.2) is 0 Å². The number of amides is 3. The topological polar surface area (TPSA) is 207 Å². The van der Waals surface area contributed by atoms with Crippen LogP contribution in [0.1, 0.15) is 37.0 Å². The van der Waals surface area contributed by atoms with Crippen molar-refractivity contribution in [3.8, 4) is 11.5 Å². The molecule has 5 unspecified atom stereocenters. The van der Waals surface area contributed by atoms with Crippen molar-refractivity contribution in [1.29, 1.82) is 0 Å². The van der Waals surface area contributed by atoms with Gasteiger partial charge in [-0.05, 0) is 52.9 Å². The standard InChI is InChI=1S/C35H41N5O7/c1-3-20(2)31(36)34(45)39-29(17-22-10-14-25(42)15-11-22)32(43)38-28(16-21-8-12-24(41)13-9-21)33(44)40-30(35(46)47)18-23-19-37-27-7-5-4-6-26(23)27/h4-15,19-20,28-31,37,41-42H,3,16-18,36H2,1-2H3,(H,38,43)(H,39,45)(H,40,44)(H,46,47). The van der Waals surface area contributed by atoms with E-state index in [0.29, 0.717) is 23.1 Å². The number of nitrogens with one attached hydrogen (secondary N) is 4. The number of hydrogen-bond acceptors (Lipinski definition) is 7. The molecule has 0 bridgehead atoms. The lowest BCUT2D eigenvalue weighted by molar-refractivity contribution is -0.142. The van der Waals surface area contributed by atoms with Gasteiger partial charge in [-0.25, -0.2) is 4.79 Å². The minimum Gasteiger partial charge on any atom is -0.508 e. The maximum Gasteiger partial charge on any atom is 0.326 e. The average molecular weight is 644 g/mol. The molecule has 12 heteroatoms. The van der Waals surface area contributed by atoms with Crippen molar-refractivity contribution in [2.75, 3.05) is 0 Å². The number of phenolic OH excluding ortho intramolecular Hbond substituents is 2. The highest BCUT2D eigenvalue weighted by atomic mass is 16.4. The second kappa shape index (κ2) is 15.8. The molecule has 9 N–H and O–H groups in total. The largest absolute Gasteiger partial charge is 0.508 e. The van der Waals surface area contributed by atoms with Crippen molar-refractivity contribution in [1.82, 2.24) is 20.9 Å². The fourth-order valence-corrected chi connectivity index (χ4v) is 5.20. The molecule has 0 aliphatic carbocycles. The Bertz CT molecular complexity index is 1690. The van der Waals surface area contributed by atoms with Crippen molar-refractivity contribution in [3.63, 3.8) is 0 Å². The van der Waals surface area contributed by atoms with Crippen molar-refractivity contribution >= 4 is 34.6 Å². The minimum atomic E-state index is -1.32. The molecule has 0 spiro atoms. The van der Waals surface area contributed by atoms with Gasteiger partial charge in [-0.1, -0.05) is 62.7 Å². The van der Waals surface area contributed by atoms with E-state index in [1.807, 2.05) is 38.1 Å². The summed E-state index contributed by atoms with van der Waals surface area (Å²) >= 11 is 0. The van der Waals surface area contributed by atoms with Gasteiger partial charge in [-0.15, -0.1) is 0 Å². The first-order valence-corrected chi connectivity index (χ1v) is 15.5. The molecular formula is C35H41N5O7. The Morgan fingerprint density at radius 3 is 1.72 bits per heavy atom. The third-order valence-electron chi connectivity index (χ3n) is 8.29. The number of carboxylic acids is 1. The summed E-state index contributed by atoms with van der Waals surface area (Å²) in [6, 6.07) is 15.0. The van der Waals surface area contributed by atoms with E-state index in [1.54, 1.807) is 30.5 Å². The second-order valence-corrected chi connectivity index (χ2v) is 11.7. The summed E-state index contributed by atoms with van der Waals surface area (Å²) in [5, 5.41) is 38.4. The maximum atomic E-state index is 13.8. The van der Waals surface area contributed by atoms with Crippen LogP contribution in [-0.2, 0) is 38.4 Å². The van der Waals surface area contributed by atoms with Crippen LogP contribution in [0, 0.1) is 5.92 Å². The zero-order valence-corrected chi connectivity index (χ0v) is 26.3. The first-order chi connectivity index (χ1) is 22.4. The molecule has 47 heavy (non-hydrogen) atoms. The number of H-pyrrole nitrogens is 1. The molecule has 5 atom stereocenters. The van der Waals surface area contributed by atoms with E-state index >= 15 is 0 Å². The number of fused-ring (bicyclic) bond motifs is 1. The molecule has 0 fully saturated rings. The summed E-state index contributed by atoms with van der Waals surface area (Å²) in [4.78, 5) is 56.1. The minimum absolute atomic E-state index is 0.0118. The summed E-state index contributed by atoms with van der Waals surface area (Å²) in [5.41, 5.74) is 8.89. The molecule has 0 aliphatic heterocycles. The molecule has 3 aromatic carbocycles. The predicted octanol–water partition coefficient (Wildman–Crippen LogP) is 2.52. The molecule has 0 radical (unpaired) electrons. The van der Waals surface area contributed by atoms with E-state index < -0.39 is 47.9 Å². The molecule has 0 saturated heterocycles. The first kappa shape index (κ1) is 34.5. The Hall–Kier alpha value is -5.36. The van der Waals surface area contributed by atoms with Gasteiger partial charge < -0.3 is 42.0 Å². The van der Waals surface area contributed by atoms with Gasteiger partial charge in [0, 0.05) is 36.4 Å². The summed E-state index contributed by atoms with van der Waals surface area (Å²) in [5.74, 6) is -3.35. The number of hydrogen-bond donors (Lipinski definition) is 8. The van der Waals surface area contributed by atoms with Crippen molar-refractivity contribution in [2.45, 2.75) is 63.7 Å². The number of nitrogens with two attached hydrogens (primary N) is 1. The van der Waals surface area contributed by atoms with Crippen LogP contribution in [0.5, 0.6) is 11.5 Å². The lowest BCUT2D eigenvalue weighted by atomic mass is 9.98. The Morgan fingerprint density at radius 2 is 1.21 bits per heavy atom. The highest BCUT2D eigenvalue weighted by molar-refractivity contribution is 5.94. The van der Waals surface area contributed by atoms with Crippen LogP contribution < -0.4 is 21.7 Å². The average Bonchev–Trinajstić information content (AvgIpc) is 3.47. The number of phenols is 2. The van der Waals surface area contributed by atoms with E-state index in [0.717, 1.165) is 10.9 Å². The van der Waals surface area contributed by atoms with Crippen LogP contribution in [0.15, 0.2) is 79.0 Å². The van der Waals surface area contributed by atoms with Crippen LogP contribution in [0.4, 0.5) is 0 Å². The molecule has 12 nitrogen and oxygen atoms in total. The van der Waals surface area contributed by atoms with Crippen LogP contribution >= 0.6 is 0 Å². The molecular weight excluding hydrogens is 602 g/mol. The lowest BCUT2D eigenvalue weighted by Gasteiger charge is -2.26. The zero-order chi connectivity index (χ0) is 34.1. The second-order valence-electron chi connectivity index (χ2n) is 11.7. The van der Waals surface area contributed by atoms with Crippen molar-refractivity contribution < 1.29 is 34.5 Å². The van der Waals surface area contributed by atoms with Gasteiger partial charge in [0.25, 0.3) is 0 Å². The molecule has 4 aromatic rings. The Balaban J connectivity index is 1.59. The number of aromatic hydroxyl groups is 2. The molecule has 4 rings (SSSR count). The van der Waals surface area contributed by atoms with Crippen molar-refractivity contribution in [3.05, 3.63) is 95.7 Å². The van der Waals surface area contributed by atoms with Gasteiger partial charge >= 0.3 is 5.97 Å². The Labute approximate surface area is 272 Å². The third kappa shape index (κ3) is 9.33. The molecule has 1 heterocycles. The van der Waals surface area contributed by atoms with Crippen LogP contribution in [-0.4, -0.2) is 68.2 Å². The van der Waals surface area contributed by atoms with Crippen LogP contribution in [0.2, 0.25) is 0 Å². The third-order valence-corrected chi connectivity index (χ3v) is 8.29. The number of carboxylic acid groups (broad SMARTS) is 1. The zero-order valence-electron chi connectivity index (χ0n) is 26.3. The number of aromatic amines is 1. The predicted molar refractivity (Wildman–Crippen MR) is 176 cm³/mol. The van der Waals surface area contributed by atoms with E-state index in [9.17, 15) is 34.5 Å². The highest BCUT2D eigenvalue weighted by Crippen LogP contribution is 2.20. The monoisotopic (exact) mass is 643 g/mol. The van der Waals surface area contributed by atoms with E-state index in [-0.39, 0.29) is 36.7 Å². The Morgan fingerprint density at radius 1 is 0.723 bits per heavy atom. The number of carbonyl (C=O) groups excluding carboxylic acids is 3. The van der Waals surface area contributed by atoms with Gasteiger partial charge in [-0.3, -0.25) is 14.4 Å². The van der Waals surface area contributed by atoms with E-state index in [1.165, 1.54) is 24.3 Å². The van der Waals surface area contributed by atoms with E-state index in [2.05, 4.69) is 20.9 Å². The smallest absolute Gasteiger partial charge is 0.326 e. The number of para-hydroxylation sites is 1.